The first-order chi connectivity index (χ1) is 8.36. The van der Waals surface area contributed by atoms with E-state index < -0.39 is 9.28 Å². The molecule has 17 heavy (non-hydrogen) atoms. The highest BCUT2D eigenvalue weighted by atomic mass is 32.1. The number of thiol groups is 1. The van der Waals surface area contributed by atoms with Crippen molar-refractivity contribution < 1.29 is 8.85 Å². The molecule has 0 spiro atoms. The highest BCUT2D eigenvalue weighted by Crippen LogP contribution is 2.38. The summed E-state index contributed by atoms with van der Waals surface area (Å²) in [4.78, 5) is 0. The number of fused-ring (bicyclic) bond motifs is 2. The van der Waals surface area contributed by atoms with E-state index in [1.54, 1.807) is 0 Å². The topological polar surface area (TPSA) is 18.5 Å². The Kier molecular flexibility index (Phi) is 2.99. The zero-order chi connectivity index (χ0) is 11.7. The minimum atomic E-state index is -1.53. The van der Waals surface area contributed by atoms with Gasteiger partial charge in [0.25, 0.3) is 0 Å². The first-order valence-electron chi connectivity index (χ1n) is 5.84. The smallest absolute Gasteiger partial charge is 0.444 e. The summed E-state index contributed by atoms with van der Waals surface area (Å²) in [6, 6.07) is 13.5. The van der Waals surface area contributed by atoms with Crippen LogP contribution in [-0.2, 0) is 0 Å². The van der Waals surface area contributed by atoms with Crippen LogP contribution in [0, 0.1) is 0 Å². The van der Waals surface area contributed by atoms with Crippen LogP contribution in [-0.4, -0.2) is 15.0 Å². The van der Waals surface area contributed by atoms with Crippen LogP contribution in [0.1, 0.15) is 6.42 Å². The Balaban J connectivity index is 1.89. The third-order valence-electron chi connectivity index (χ3n) is 2.93. The maximum Gasteiger partial charge on any atom is 0.444 e. The van der Waals surface area contributed by atoms with Crippen LogP contribution in [0.25, 0.3) is 10.8 Å². The van der Waals surface area contributed by atoms with Crippen LogP contribution in [0.15, 0.2) is 36.4 Å². The molecule has 0 aromatic heterocycles. The summed E-state index contributed by atoms with van der Waals surface area (Å²) in [5.74, 6) is 2.73. The quantitative estimate of drug-likeness (QED) is 0.676. The average Bonchev–Trinajstić information content (AvgIpc) is 2.75. The lowest BCUT2D eigenvalue weighted by Crippen LogP contribution is -2.23. The Morgan fingerprint density at radius 2 is 1.59 bits per heavy atom. The predicted octanol–water partition coefficient (Wildman–Crippen LogP) is 3.15. The predicted molar refractivity (Wildman–Crippen MR) is 75.6 cm³/mol. The summed E-state index contributed by atoms with van der Waals surface area (Å²) in [6.45, 7) is 0. The summed E-state index contributed by atoms with van der Waals surface area (Å²) >= 11 is 4.22. The second-order valence-corrected chi connectivity index (χ2v) is 6.53. The van der Waals surface area contributed by atoms with E-state index >= 15 is 0 Å². The molecule has 0 saturated heterocycles. The Hall–Kier alpha value is -1.13. The van der Waals surface area contributed by atoms with E-state index in [4.69, 9.17) is 8.85 Å². The van der Waals surface area contributed by atoms with E-state index in [2.05, 4.69) is 36.9 Å². The largest absolute Gasteiger partial charge is 0.511 e. The second-order valence-electron chi connectivity index (χ2n) is 4.18. The third-order valence-corrected chi connectivity index (χ3v) is 5.16. The van der Waals surface area contributed by atoms with Crippen molar-refractivity contribution in [1.29, 1.82) is 0 Å². The fourth-order valence-electron chi connectivity index (χ4n) is 2.07. The molecule has 0 aliphatic carbocycles. The van der Waals surface area contributed by atoms with Crippen molar-refractivity contribution in [2.24, 2.45) is 0 Å². The number of rotatable bonds is 3. The van der Waals surface area contributed by atoms with Crippen LogP contribution in [0.2, 0.25) is 6.04 Å². The van der Waals surface area contributed by atoms with Gasteiger partial charge in [-0.25, -0.2) is 0 Å². The van der Waals surface area contributed by atoms with E-state index in [-0.39, 0.29) is 0 Å². The summed E-state index contributed by atoms with van der Waals surface area (Å²) in [6.07, 6.45) is 1.06. The van der Waals surface area contributed by atoms with E-state index in [1.807, 2.05) is 12.1 Å². The van der Waals surface area contributed by atoms with Gasteiger partial charge in [0.1, 0.15) is 11.5 Å². The van der Waals surface area contributed by atoms with Gasteiger partial charge in [0.15, 0.2) is 0 Å². The van der Waals surface area contributed by atoms with Crippen LogP contribution in [0.4, 0.5) is 0 Å². The van der Waals surface area contributed by atoms with Crippen LogP contribution in [0.3, 0.4) is 0 Å². The highest BCUT2D eigenvalue weighted by molar-refractivity contribution is 7.80. The first-order valence-corrected chi connectivity index (χ1v) is 8.23. The summed E-state index contributed by atoms with van der Waals surface area (Å²) in [5.41, 5.74) is 0. The van der Waals surface area contributed by atoms with Gasteiger partial charge in [-0.15, -0.1) is 0 Å². The first kappa shape index (κ1) is 11.0. The lowest BCUT2D eigenvalue weighted by Gasteiger charge is -2.05. The Morgan fingerprint density at radius 1 is 1.00 bits per heavy atom. The van der Waals surface area contributed by atoms with E-state index in [0.29, 0.717) is 0 Å². The van der Waals surface area contributed by atoms with Gasteiger partial charge in [-0.2, -0.15) is 12.6 Å². The molecule has 2 aromatic rings. The molecule has 0 unspecified atom stereocenters. The summed E-state index contributed by atoms with van der Waals surface area (Å²) in [7, 11) is -1.53. The maximum atomic E-state index is 5.90. The van der Waals surface area contributed by atoms with Gasteiger partial charge in [-0.05, 0) is 35.1 Å². The van der Waals surface area contributed by atoms with Crippen molar-refractivity contribution in [1.82, 2.24) is 0 Å². The van der Waals surface area contributed by atoms with Crippen molar-refractivity contribution in [3.63, 3.8) is 0 Å². The normalized spacial score (nSPS) is 14.4. The zero-order valence-electron chi connectivity index (χ0n) is 9.43. The van der Waals surface area contributed by atoms with Crippen LogP contribution < -0.4 is 8.85 Å². The molecule has 1 aliphatic heterocycles. The Morgan fingerprint density at radius 3 is 2.12 bits per heavy atom. The molecule has 2 aromatic carbocycles. The van der Waals surface area contributed by atoms with E-state index in [0.717, 1.165) is 29.7 Å². The van der Waals surface area contributed by atoms with Crippen molar-refractivity contribution in [2.75, 3.05) is 5.75 Å². The second kappa shape index (κ2) is 4.62. The molecule has 0 bridgehead atoms. The fraction of sp³-hybridized carbons (Fsp3) is 0.231. The van der Waals surface area contributed by atoms with E-state index in [1.165, 1.54) is 10.8 Å². The highest BCUT2D eigenvalue weighted by Gasteiger charge is 2.26. The van der Waals surface area contributed by atoms with Gasteiger partial charge >= 0.3 is 9.28 Å². The fourth-order valence-corrected chi connectivity index (χ4v) is 4.35. The summed E-state index contributed by atoms with van der Waals surface area (Å²) in [5, 5.41) is 2.41. The molecule has 0 amide bonds. The molecular weight excluding hydrogens is 248 g/mol. The Bertz CT molecular complexity index is 499. The van der Waals surface area contributed by atoms with Crippen molar-refractivity contribution in [3.8, 4) is 11.5 Å². The van der Waals surface area contributed by atoms with Crippen molar-refractivity contribution in [2.45, 2.75) is 12.5 Å². The molecule has 1 aliphatic rings. The SMILES string of the molecule is SCCC[SiH]1Oc2cc3ccccc3cc2O1. The van der Waals surface area contributed by atoms with Gasteiger partial charge in [-0.1, -0.05) is 24.3 Å². The molecular formula is C13H14O2SSi. The zero-order valence-corrected chi connectivity index (χ0v) is 11.5. The minimum Gasteiger partial charge on any atom is -0.511 e. The maximum absolute atomic E-state index is 5.90. The molecule has 0 N–H and O–H groups in total. The van der Waals surface area contributed by atoms with Gasteiger partial charge in [-0.3, -0.25) is 0 Å². The number of hydrogen-bond acceptors (Lipinski definition) is 3. The molecule has 0 radical (unpaired) electrons. The van der Waals surface area contributed by atoms with Crippen LogP contribution in [0.5, 0.6) is 11.5 Å². The molecule has 0 fully saturated rings. The van der Waals surface area contributed by atoms with Crippen LogP contribution >= 0.6 is 12.6 Å². The molecule has 3 rings (SSSR count). The van der Waals surface area contributed by atoms with Gasteiger partial charge in [0, 0.05) is 6.04 Å². The number of benzene rings is 2. The van der Waals surface area contributed by atoms with Crippen molar-refractivity contribution in [3.05, 3.63) is 36.4 Å². The number of hydrogen-bond donors (Lipinski definition) is 1. The standard InChI is InChI=1S/C13H14O2SSi/c16-6-3-7-17-14-12-8-10-4-1-2-5-11(10)9-13(12)15-17/h1-2,4-5,8-9,16-17H,3,6-7H2. The third kappa shape index (κ3) is 2.15. The molecule has 0 atom stereocenters. The molecule has 1 heterocycles. The van der Waals surface area contributed by atoms with Crippen molar-refractivity contribution >= 4 is 32.7 Å². The molecule has 0 saturated carbocycles. The summed E-state index contributed by atoms with van der Waals surface area (Å²) < 4.78 is 11.8. The molecule has 4 heteroatoms. The molecule has 88 valence electrons. The van der Waals surface area contributed by atoms with E-state index in [9.17, 15) is 0 Å². The lowest BCUT2D eigenvalue weighted by atomic mass is 10.1. The monoisotopic (exact) mass is 262 g/mol. The van der Waals surface area contributed by atoms with Gasteiger partial charge in [0.2, 0.25) is 0 Å². The minimum absolute atomic E-state index is 0.897. The van der Waals surface area contributed by atoms with Gasteiger partial charge < -0.3 is 8.85 Å². The lowest BCUT2D eigenvalue weighted by molar-refractivity contribution is 0.495. The Labute approximate surface area is 108 Å². The molecule has 2 nitrogen and oxygen atoms in total. The van der Waals surface area contributed by atoms with Gasteiger partial charge in [0.05, 0.1) is 0 Å². The average molecular weight is 262 g/mol.